The van der Waals surface area contributed by atoms with E-state index in [1.54, 1.807) is 0 Å². The van der Waals surface area contributed by atoms with Gasteiger partial charge in [0.2, 0.25) is 5.88 Å². The number of nitriles is 2. The van der Waals surface area contributed by atoms with Gasteiger partial charge in [0.25, 0.3) is 0 Å². The monoisotopic (exact) mass is 490 g/mol. The third-order valence-corrected chi connectivity index (χ3v) is 7.07. The molecule has 1 atom stereocenters. The van der Waals surface area contributed by atoms with E-state index < -0.39 is 17.7 Å². The lowest BCUT2D eigenvalue weighted by Gasteiger charge is -2.27. The van der Waals surface area contributed by atoms with Crippen molar-refractivity contribution in [3.8, 4) is 12.1 Å². The highest BCUT2D eigenvalue weighted by molar-refractivity contribution is 7.99. The van der Waals surface area contributed by atoms with Crippen molar-refractivity contribution in [3.05, 3.63) is 81.3 Å². The summed E-state index contributed by atoms with van der Waals surface area (Å²) in [6, 6.07) is 11.6. The van der Waals surface area contributed by atoms with Crippen molar-refractivity contribution in [2.75, 3.05) is 12.9 Å². The van der Waals surface area contributed by atoms with Crippen molar-refractivity contribution < 1.29 is 18.7 Å². The number of methoxy groups -OCH3 is 1. The smallest absolute Gasteiger partial charge is 0.338 e. The summed E-state index contributed by atoms with van der Waals surface area (Å²) < 4.78 is 24.3. The molecule has 0 amide bonds. The number of pyridine rings is 1. The first-order chi connectivity index (χ1) is 17.0. The third kappa shape index (κ3) is 5.01. The third-order valence-electron chi connectivity index (χ3n) is 6.08. The number of benzene rings is 1. The molecule has 0 bridgehead atoms. The molecule has 0 spiro atoms. The molecule has 35 heavy (non-hydrogen) atoms. The van der Waals surface area contributed by atoms with Crippen molar-refractivity contribution >= 4 is 17.7 Å². The summed E-state index contributed by atoms with van der Waals surface area (Å²) in [7, 11) is 1.23. The van der Waals surface area contributed by atoms with E-state index in [1.165, 1.54) is 43.1 Å². The molecule has 178 valence electrons. The maximum atomic E-state index is 13.6. The van der Waals surface area contributed by atoms with Crippen LogP contribution >= 0.6 is 11.8 Å². The fraction of sp³-hybridized carbons (Fsp3) is 0.308. The molecule has 0 radical (unpaired) electrons. The Bertz CT molecular complexity index is 1310. The Morgan fingerprint density at radius 2 is 1.97 bits per heavy atom. The number of aromatic nitrogens is 1. The number of thioether (sulfide) groups is 1. The van der Waals surface area contributed by atoms with Crippen LogP contribution in [0.25, 0.3) is 0 Å². The Labute approximate surface area is 207 Å². The van der Waals surface area contributed by atoms with E-state index in [0.29, 0.717) is 16.2 Å². The van der Waals surface area contributed by atoms with Gasteiger partial charge in [0.05, 0.1) is 29.9 Å². The zero-order valence-electron chi connectivity index (χ0n) is 19.1. The molecule has 9 heteroatoms. The van der Waals surface area contributed by atoms with E-state index in [1.807, 2.05) is 12.1 Å². The first-order valence-electron chi connectivity index (χ1n) is 11.2. The SMILES string of the molecule is COC(=O)C1=C(CSc2nc3c(cc2C#N)CCCCC3)OC(N)=C(C#N)C1c1ccc(F)cc1. The largest absolute Gasteiger partial charge is 0.466 e. The van der Waals surface area contributed by atoms with Crippen LogP contribution in [0.4, 0.5) is 4.39 Å². The lowest BCUT2D eigenvalue weighted by molar-refractivity contribution is -0.136. The molecule has 1 aliphatic heterocycles. The molecule has 1 unspecified atom stereocenters. The van der Waals surface area contributed by atoms with Crippen LogP contribution in [0.5, 0.6) is 0 Å². The molecule has 7 nitrogen and oxygen atoms in total. The number of fused-ring (bicyclic) bond motifs is 1. The van der Waals surface area contributed by atoms with Gasteiger partial charge >= 0.3 is 5.97 Å². The average Bonchev–Trinajstić information content (AvgIpc) is 3.11. The zero-order chi connectivity index (χ0) is 24.9. The van der Waals surface area contributed by atoms with Crippen LogP contribution in [0.15, 0.2) is 58.1 Å². The molecule has 2 aliphatic rings. The maximum absolute atomic E-state index is 13.6. The van der Waals surface area contributed by atoms with Crippen molar-refractivity contribution in [1.29, 1.82) is 10.5 Å². The van der Waals surface area contributed by atoms with Crippen LogP contribution in [0, 0.1) is 28.5 Å². The second kappa shape index (κ2) is 10.6. The lowest BCUT2D eigenvalue weighted by Crippen LogP contribution is -2.26. The van der Waals surface area contributed by atoms with E-state index in [-0.39, 0.29) is 28.5 Å². The first kappa shape index (κ1) is 24.3. The number of allylic oxidation sites excluding steroid dienone is 1. The molecule has 2 N–H and O–H groups in total. The van der Waals surface area contributed by atoms with Crippen molar-refractivity contribution in [1.82, 2.24) is 4.98 Å². The van der Waals surface area contributed by atoms with Crippen LogP contribution in [0.2, 0.25) is 0 Å². The van der Waals surface area contributed by atoms with Crippen LogP contribution in [0.1, 0.15) is 47.6 Å². The predicted molar refractivity (Wildman–Crippen MR) is 127 cm³/mol. The van der Waals surface area contributed by atoms with Gasteiger partial charge in [0.1, 0.15) is 34.3 Å². The highest BCUT2D eigenvalue weighted by Gasteiger charge is 2.37. The number of hydrogen-bond donors (Lipinski definition) is 1. The van der Waals surface area contributed by atoms with E-state index in [0.717, 1.165) is 43.4 Å². The highest BCUT2D eigenvalue weighted by atomic mass is 32.2. The number of aryl methyl sites for hydroxylation is 2. The van der Waals surface area contributed by atoms with Crippen molar-refractivity contribution in [2.45, 2.75) is 43.0 Å². The van der Waals surface area contributed by atoms with E-state index in [9.17, 15) is 19.7 Å². The number of hydrogen-bond acceptors (Lipinski definition) is 8. The minimum Gasteiger partial charge on any atom is -0.466 e. The molecule has 0 fully saturated rings. The summed E-state index contributed by atoms with van der Waals surface area (Å²) in [5, 5.41) is 20.0. The topological polar surface area (TPSA) is 122 Å². The molecule has 0 saturated heterocycles. The first-order valence-corrected chi connectivity index (χ1v) is 12.2. The molecule has 1 aromatic carbocycles. The summed E-state index contributed by atoms with van der Waals surface area (Å²) in [6.07, 6.45) is 5.01. The van der Waals surface area contributed by atoms with Crippen molar-refractivity contribution in [3.63, 3.8) is 0 Å². The Balaban J connectivity index is 1.74. The fourth-order valence-electron chi connectivity index (χ4n) is 4.36. The summed E-state index contributed by atoms with van der Waals surface area (Å²) in [6.45, 7) is 0. The Morgan fingerprint density at radius 3 is 2.66 bits per heavy atom. The average molecular weight is 491 g/mol. The van der Waals surface area contributed by atoms with Crippen molar-refractivity contribution in [2.24, 2.45) is 5.73 Å². The van der Waals surface area contributed by atoms with E-state index >= 15 is 0 Å². The second-order valence-electron chi connectivity index (χ2n) is 8.21. The van der Waals surface area contributed by atoms with Gasteiger partial charge in [-0.25, -0.2) is 14.2 Å². The van der Waals surface area contributed by atoms with Crippen LogP contribution < -0.4 is 5.73 Å². The number of carbonyl (C=O) groups excluding carboxylic acids is 1. The van der Waals surface area contributed by atoms with E-state index in [4.69, 9.17) is 20.2 Å². The molecule has 1 aromatic heterocycles. The second-order valence-corrected chi connectivity index (χ2v) is 9.18. The molecule has 1 aliphatic carbocycles. The van der Waals surface area contributed by atoms with E-state index in [2.05, 4.69) is 6.07 Å². The number of esters is 1. The molecular weight excluding hydrogens is 467 g/mol. The minimum absolute atomic E-state index is 0.0339. The minimum atomic E-state index is -0.882. The number of carbonyl (C=O) groups is 1. The quantitative estimate of drug-likeness (QED) is 0.372. The van der Waals surface area contributed by atoms with Crippen LogP contribution in [-0.2, 0) is 27.1 Å². The molecular formula is C26H23FN4O3S. The fourth-order valence-corrected chi connectivity index (χ4v) is 5.28. The van der Waals surface area contributed by atoms with Gasteiger partial charge in [0, 0.05) is 5.69 Å². The number of nitrogens with zero attached hydrogens (tertiary/aromatic N) is 3. The summed E-state index contributed by atoms with van der Waals surface area (Å²) >= 11 is 1.25. The summed E-state index contributed by atoms with van der Waals surface area (Å²) in [5.41, 5.74) is 9.27. The van der Waals surface area contributed by atoms with Gasteiger partial charge < -0.3 is 15.2 Å². The standard InChI is InChI=1S/C26H23FN4O3S/c1-33-26(32)23-21(34-24(30)19(13-29)22(23)15-7-9-18(27)10-8-15)14-35-25-17(12-28)11-16-5-3-2-4-6-20(16)31-25/h7-11,22H,2-6,14,30H2,1H3. The highest BCUT2D eigenvalue weighted by Crippen LogP contribution is 2.41. The molecule has 2 aromatic rings. The number of ether oxygens (including phenoxy) is 2. The zero-order valence-corrected chi connectivity index (χ0v) is 20.0. The van der Waals surface area contributed by atoms with Gasteiger partial charge in [-0.1, -0.05) is 30.3 Å². The van der Waals surface area contributed by atoms with Gasteiger partial charge in [-0.05, 0) is 55.0 Å². The van der Waals surface area contributed by atoms with Gasteiger partial charge in [-0.2, -0.15) is 10.5 Å². The lowest BCUT2D eigenvalue weighted by atomic mass is 9.83. The van der Waals surface area contributed by atoms with Crippen LogP contribution in [-0.4, -0.2) is 23.8 Å². The summed E-state index contributed by atoms with van der Waals surface area (Å²) in [4.78, 5) is 17.6. The Hall–Kier alpha value is -3.82. The maximum Gasteiger partial charge on any atom is 0.338 e. The van der Waals surface area contributed by atoms with Gasteiger partial charge in [-0.15, -0.1) is 0 Å². The number of rotatable bonds is 5. The number of nitrogens with two attached hydrogens (primary N) is 1. The number of halogens is 1. The van der Waals surface area contributed by atoms with Crippen LogP contribution in [0.3, 0.4) is 0 Å². The Kier molecular flexibility index (Phi) is 7.38. The van der Waals surface area contributed by atoms with Gasteiger partial charge in [0.15, 0.2) is 0 Å². The molecule has 0 saturated carbocycles. The van der Waals surface area contributed by atoms with Gasteiger partial charge in [-0.3, -0.25) is 0 Å². The molecule has 2 heterocycles. The normalized spacial score (nSPS) is 17.5. The Morgan fingerprint density at radius 1 is 1.23 bits per heavy atom. The predicted octanol–water partition coefficient (Wildman–Crippen LogP) is 4.39. The molecule has 4 rings (SSSR count). The summed E-state index contributed by atoms with van der Waals surface area (Å²) in [5.74, 6) is -1.83.